The predicted octanol–water partition coefficient (Wildman–Crippen LogP) is 10.7. The highest BCUT2D eigenvalue weighted by Gasteiger charge is 2.39. The lowest BCUT2D eigenvalue weighted by atomic mass is 9.83. The van der Waals surface area contributed by atoms with Crippen LogP contribution in [0.25, 0.3) is 38.3 Å². The molecule has 6 aromatic carbocycles. The minimum Gasteiger partial charge on any atom is -0.484 e. The van der Waals surface area contributed by atoms with Gasteiger partial charge in [-0.2, -0.15) is 0 Å². The van der Waals surface area contributed by atoms with Gasteiger partial charge < -0.3 is 14.1 Å². The van der Waals surface area contributed by atoms with Gasteiger partial charge in [-0.1, -0.05) is 109 Å². The van der Waals surface area contributed by atoms with Gasteiger partial charge in [0.15, 0.2) is 0 Å². The second-order valence-corrected chi connectivity index (χ2v) is 11.2. The van der Waals surface area contributed by atoms with E-state index in [0.29, 0.717) is 0 Å². The molecule has 43 heavy (non-hydrogen) atoms. The van der Waals surface area contributed by atoms with Crippen molar-refractivity contribution in [3.05, 3.63) is 163 Å². The lowest BCUT2D eigenvalue weighted by molar-refractivity contribution is 0.281. The summed E-state index contributed by atoms with van der Waals surface area (Å²) in [6.45, 7) is 0. The van der Waals surface area contributed by atoms with E-state index in [2.05, 4.69) is 144 Å². The maximum absolute atomic E-state index is 6.88. The van der Waals surface area contributed by atoms with Crippen LogP contribution in [0.3, 0.4) is 0 Å². The Bertz CT molecular complexity index is 2230. The van der Waals surface area contributed by atoms with Crippen LogP contribution >= 0.6 is 0 Å². The molecule has 2 heterocycles. The smallest absolute Gasteiger partial charge is 0.135 e. The third-order valence-electron chi connectivity index (χ3n) is 8.81. The van der Waals surface area contributed by atoms with Gasteiger partial charge in [-0.05, 0) is 48.0 Å². The summed E-state index contributed by atoms with van der Waals surface area (Å²) in [4.78, 5) is 2.37. The van der Waals surface area contributed by atoms with Crippen LogP contribution in [0, 0.1) is 0 Å². The second-order valence-electron chi connectivity index (χ2n) is 11.2. The Morgan fingerprint density at radius 2 is 1.26 bits per heavy atom. The zero-order valence-corrected chi connectivity index (χ0v) is 23.4. The number of ether oxygens (including phenoxy) is 1. The summed E-state index contributed by atoms with van der Waals surface area (Å²) in [5.41, 5.74) is 8.72. The molecule has 204 valence electrons. The van der Waals surface area contributed by atoms with E-state index < -0.39 is 0 Å². The second kappa shape index (κ2) is 9.50. The summed E-state index contributed by atoms with van der Waals surface area (Å²) in [6, 6.07) is 47.0. The van der Waals surface area contributed by atoms with E-state index >= 15 is 0 Å². The summed E-state index contributed by atoms with van der Waals surface area (Å²) in [7, 11) is 0. The average molecular weight is 554 g/mol. The monoisotopic (exact) mass is 553 g/mol. The van der Waals surface area contributed by atoms with Crippen molar-refractivity contribution in [1.82, 2.24) is 0 Å². The summed E-state index contributed by atoms with van der Waals surface area (Å²) in [6.07, 6.45) is 6.61. The molecular formula is C40H27NO2. The van der Waals surface area contributed by atoms with Crippen LogP contribution in [-0.2, 0) is 0 Å². The molecule has 2 atom stereocenters. The first-order valence-corrected chi connectivity index (χ1v) is 14.8. The van der Waals surface area contributed by atoms with E-state index in [1.165, 1.54) is 16.7 Å². The van der Waals surface area contributed by atoms with E-state index in [4.69, 9.17) is 9.15 Å². The van der Waals surface area contributed by atoms with Crippen LogP contribution in [0.1, 0.15) is 17.0 Å². The number of nitrogens with zero attached hydrogens (tertiary/aromatic N) is 1. The largest absolute Gasteiger partial charge is 0.484 e. The van der Waals surface area contributed by atoms with Crippen LogP contribution in [0.5, 0.6) is 5.75 Å². The fourth-order valence-corrected chi connectivity index (χ4v) is 6.86. The Hall–Kier alpha value is -5.54. The van der Waals surface area contributed by atoms with Gasteiger partial charge >= 0.3 is 0 Å². The molecule has 0 radical (unpaired) electrons. The van der Waals surface area contributed by atoms with Crippen LogP contribution in [0.2, 0.25) is 0 Å². The molecule has 0 bridgehead atoms. The Labute approximate surface area is 249 Å². The normalized spacial score (nSPS) is 17.1. The highest BCUT2D eigenvalue weighted by molar-refractivity contribution is 6.08. The first kappa shape index (κ1) is 24.1. The lowest BCUT2D eigenvalue weighted by Crippen LogP contribution is -2.21. The number of para-hydroxylation sites is 2. The van der Waals surface area contributed by atoms with Gasteiger partial charge in [0.25, 0.3) is 0 Å². The number of allylic oxidation sites excluding steroid dienone is 2. The van der Waals surface area contributed by atoms with Crippen LogP contribution in [0.4, 0.5) is 17.1 Å². The summed E-state index contributed by atoms with van der Waals surface area (Å²) in [5, 5.41) is 4.50. The Morgan fingerprint density at radius 1 is 0.558 bits per heavy atom. The highest BCUT2D eigenvalue weighted by atomic mass is 16.5. The molecule has 0 N–H and O–H groups in total. The molecule has 1 aliphatic heterocycles. The SMILES string of the molecule is C1=CC2c3cc(N(c4ccccc4)c4ccc5oc6ccccc6c5c4)c4ccccc4c3OC2C(c2ccccc2)=C1. The van der Waals surface area contributed by atoms with Gasteiger partial charge in [-0.15, -0.1) is 0 Å². The number of benzene rings is 6. The Balaban J connectivity index is 1.27. The molecule has 0 amide bonds. The van der Waals surface area contributed by atoms with Crippen molar-refractivity contribution in [1.29, 1.82) is 0 Å². The molecule has 1 aromatic heterocycles. The molecule has 1 aliphatic carbocycles. The molecule has 0 fully saturated rings. The molecule has 2 unspecified atom stereocenters. The molecule has 3 nitrogen and oxygen atoms in total. The van der Waals surface area contributed by atoms with Gasteiger partial charge in [0, 0.05) is 50.0 Å². The third-order valence-corrected chi connectivity index (χ3v) is 8.81. The topological polar surface area (TPSA) is 25.6 Å². The number of rotatable bonds is 4. The number of hydrogen-bond acceptors (Lipinski definition) is 3. The predicted molar refractivity (Wildman–Crippen MR) is 177 cm³/mol. The van der Waals surface area contributed by atoms with Crippen molar-refractivity contribution in [3.63, 3.8) is 0 Å². The zero-order valence-electron chi connectivity index (χ0n) is 23.4. The lowest BCUT2D eigenvalue weighted by Gasteiger charge is -2.28. The van der Waals surface area contributed by atoms with E-state index in [1.54, 1.807) is 0 Å². The van der Waals surface area contributed by atoms with Crippen LogP contribution in [-0.4, -0.2) is 6.10 Å². The fourth-order valence-electron chi connectivity index (χ4n) is 6.86. The van der Waals surface area contributed by atoms with Gasteiger partial charge in [-0.3, -0.25) is 0 Å². The average Bonchev–Trinajstić information content (AvgIpc) is 3.64. The number of fused-ring (bicyclic) bond motifs is 8. The minimum absolute atomic E-state index is 0.0696. The molecule has 7 aromatic rings. The molecular weight excluding hydrogens is 526 g/mol. The third kappa shape index (κ3) is 3.75. The van der Waals surface area contributed by atoms with Crippen molar-refractivity contribution in [2.45, 2.75) is 12.0 Å². The molecule has 3 heteroatoms. The highest BCUT2D eigenvalue weighted by Crippen LogP contribution is 2.53. The van der Waals surface area contributed by atoms with Crippen LogP contribution in [0.15, 0.2) is 156 Å². The Morgan fingerprint density at radius 3 is 2.09 bits per heavy atom. The quantitative estimate of drug-likeness (QED) is 0.217. The first-order chi connectivity index (χ1) is 21.3. The molecule has 9 rings (SSSR count). The maximum atomic E-state index is 6.88. The maximum Gasteiger partial charge on any atom is 0.135 e. The van der Waals surface area contributed by atoms with Gasteiger partial charge in [0.2, 0.25) is 0 Å². The summed E-state index contributed by atoms with van der Waals surface area (Å²) < 4.78 is 13.1. The standard InChI is InChI=1S/C40H27NO2/c1-3-12-26(13-4-1)29-19-11-20-33-35-25-36(30-16-7-8-18-32(30)40(35)43-39(29)33)41(27-14-5-2-6-15-27)28-22-23-38-34(24-28)31-17-9-10-21-37(31)42-38/h1-25,33,39H. The Kier molecular flexibility index (Phi) is 5.32. The van der Waals surface area contributed by atoms with Crippen molar-refractivity contribution >= 4 is 55.3 Å². The number of anilines is 3. The van der Waals surface area contributed by atoms with Crippen molar-refractivity contribution in [3.8, 4) is 5.75 Å². The minimum atomic E-state index is -0.0696. The summed E-state index contributed by atoms with van der Waals surface area (Å²) in [5.74, 6) is 1.10. The van der Waals surface area contributed by atoms with Crippen molar-refractivity contribution < 1.29 is 9.15 Å². The number of hydrogen-bond donors (Lipinski definition) is 0. The molecule has 0 saturated carbocycles. The van der Waals surface area contributed by atoms with E-state index in [-0.39, 0.29) is 12.0 Å². The van der Waals surface area contributed by atoms with Crippen molar-refractivity contribution in [2.75, 3.05) is 4.90 Å². The van der Waals surface area contributed by atoms with Crippen LogP contribution < -0.4 is 9.64 Å². The fraction of sp³-hybridized carbons (Fsp3) is 0.0500. The molecule has 2 aliphatic rings. The summed E-state index contributed by atoms with van der Waals surface area (Å²) >= 11 is 0. The van der Waals surface area contributed by atoms with E-state index in [0.717, 1.165) is 55.5 Å². The molecule has 0 saturated heterocycles. The number of furan rings is 1. The van der Waals surface area contributed by atoms with Gasteiger partial charge in [-0.25, -0.2) is 0 Å². The van der Waals surface area contributed by atoms with E-state index in [9.17, 15) is 0 Å². The zero-order chi connectivity index (χ0) is 28.3. The van der Waals surface area contributed by atoms with Gasteiger partial charge in [0.1, 0.15) is 23.0 Å². The first-order valence-electron chi connectivity index (χ1n) is 14.8. The van der Waals surface area contributed by atoms with E-state index in [1.807, 2.05) is 12.1 Å². The van der Waals surface area contributed by atoms with Crippen molar-refractivity contribution in [2.24, 2.45) is 0 Å². The molecule has 0 spiro atoms. The van der Waals surface area contributed by atoms with Gasteiger partial charge in [0.05, 0.1) is 5.69 Å².